The minimum absolute atomic E-state index is 0.398. The summed E-state index contributed by atoms with van der Waals surface area (Å²) in [5, 5.41) is 8.00. The molecule has 2 aromatic heterocycles. The zero-order valence-electron chi connectivity index (χ0n) is 7.12. The Morgan fingerprint density at radius 3 is 2.92 bits per heavy atom. The largest absolute Gasteiger partial charge is 0.368 e. The number of nitrogens with two attached hydrogens (primary N) is 1. The van der Waals surface area contributed by atoms with E-state index in [1.54, 1.807) is 18.1 Å². The number of hydrogen-bond donors (Lipinski definition) is 1. The summed E-state index contributed by atoms with van der Waals surface area (Å²) >= 11 is 0. The van der Waals surface area contributed by atoms with E-state index >= 15 is 0 Å². The van der Waals surface area contributed by atoms with Gasteiger partial charge in [-0.3, -0.25) is 0 Å². The zero-order valence-corrected chi connectivity index (χ0v) is 7.12. The Balaban J connectivity index is 2.19. The van der Waals surface area contributed by atoms with Crippen molar-refractivity contribution in [1.29, 1.82) is 0 Å². The fourth-order valence-electron chi connectivity index (χ4n) is 0.978. The minimum atomic E-state index is 0.398. The summed E-state index contributed by atoms with van der Waals surface area (Å²) in [4.78, 5) is 7.83. The van der Waals surface area contributed by atoms with Crippen LogP contribution in [-0.2, 0) is 13.6 Å². The Kier molecular flexibility index (Phi) is 1.69. The number of nitrogen functional groups attached to an aromatic ring is 1. The van der Waals surface area contributed by atoms with Crippen LogP contribution in [0.15, 0.2) is 12.7 Å². The molecular weight excluding hydrogens is 170 g/mol. The van der Waals surface area contributed by atoms with E-state index in [0.717, 1.165) is 0 Å². The molecule has 0 aromatic carbocycles. The average Bonchev–Trinajstić information content (AvgIpc) is 2.64. The van der Waals surface area contributed by atoms with Gasteiger partial charge in [-0.2, -0.15) is 15.2 Å². The smallest absolute Gasteiger partial charge is 0.218 e. The van der Waals surface area contributed by atoms with Crippen LogP contribution in [0.1, 0.15) is 5.82 Å². The van der Waals surface area contributed by atoms with E-state index < -0.39 is 0 Å². The van der Waals surface area contributed by atoms with Gasteiger partial charge in [-0.1, -0.05) is 0 Å². The molecule has 68 valence electrons. The molecule has 0 saturated carbocycles. The van der Waals surface area contributed by atoms with Crippen LogP contribution >= 0.6 is 0 Å². The van der Waals surface area contributed by atoms with Crippen molar-refractivity contribution < 1.29 is 0 Å². The second-order valence-corrected chi connectivity index (χ2v) is 2.60. The first kappa shape index (κ1) is 7.71. The molecule has 2 N–H and O–H groups in total. The number of aromatic nitrogens is 6. The minimum Gasteiger partial charge on any atom is -0.368 e. The fraction of sp³-hybridized carbons (Fsp3) is 0.333. The van der Waals surface area contributed by atoms with Gasteiger partial charge in [0.1, 0.15) is 19.2 Å². The number of rotatable bonds is 2. The second kappa shape index (κ2) is 2.85. The molecule has 0 saturated heterocycles. The molecule has 2 aromatic rings. The Morgan fingerprint density at radius 2 is 2.38 bits per heavy atom. The number of hydrogen-bond acceptors (Lipinski definition) is 5. The molecule has 2 heterocycles. The molecule has 0 amide bonds. The molecule has 0 aliphatic carbocycles. The van der Waals surface area contributed by atoms with Crippen molar-refractivity contribution in [3.05, 3.63) is 18.5 Å². The molecular formula is C6H9N7. The van der Waals surface area contributed by atoms with Crippen LogP contribution in [0.2, 0.25) is 0 Å². The van der Waals surface area contributed by atoms with Crippen molar-refractivity contribution in [1.82, 2.24) is 29.5 Å². The summed E-state index contributed by atoms with van der Waals surface area (Å²) in [7, 11) is 1.74. The molecule has 2 rings (SSSR count). The molecule has 7 nitrogen and oxygen atoms in total. The third-order valence-electron chi connectivity index (χ3n) is 1.61. The standard InChI is InChI=1S/C6H9N7/c1-12-6(7)10-5(11-12)2-13-4-8-3-9-13/h3-4H,2H2,1H3,(H2,7,10,11). The van der Waals surface area contributed by atoms with E-state index in [4.69, 9.17) is 5.73 Å². The van der Waals surface area contributed by atoms with Crippen molar-refractivity contribution in [3.8, 4) is 0 Å². The lowest BCUT2D eigenvalue weighted by Crippen LogP contribution is -2.02. The predicted molar refractivity (Wildman–Crippen MR) is 44.5 cm³/mol. The maximum absolute atomic E-state index is 5.51. The van der Waals surface area contributed by atoms with Crippen LogP contribution < -0.4 is 5.73 Å². The van der Waals surface area contributed by atoms with Gasteiger partial charge >= 0.3 is 0 Å². The van der Waals surface area contributed by atoms with Gasteiger partial charge in [-0.05, 0) is 0 Å². The lowest BCUT2D eigenvalue weighted by Gasteiger charge is -1.92. The first-order valence-corrected chi connectivity index (χ1v) is 3.73. The van der Waals surface area contributed by atoms with Crippen molar-refractivity contribution in [2.75, 3.05) is 5.73 Å². The lowest BCUT2D eigenvalue weighted by atomic mass is 10.6. The summed E-state index contributed by atoms with van der Waals surface area (Å²) in [5.74, 6) is 1.03. The van der Waals surface area contributed by atoms with E-state index in [1.807, 2.05) is 0 Å². The van der Waals surface area contributed by atoms with Crippen molar-refractivity contribution in [2.24, 2.45) is 7.05 Å². The SMILES string of the molecule is Cn1nc(Cn2cncn2)nc1N. The van der Waals surface area contributed by atoms with Crippen molar-refractivity contribution in [3.63, 3.8) is 0 Å². The molecule has 0 aliphatic rings. The molecule has 0 spiro atoms. The van der Waals surface area contributed by atoms with Gasteiger partial charge < -0.3 is 5.73 Å². The van der Waals surface area contributed by atoms with Crippen LogP contribution in [0.4, 0.5) is 5.95 Å². The summed E-state index contributed by atoms with van der Waals surface area (Å²) < 4.78 is 3.15. The summed E-state index contributed by atoms with van der Waals surface area (Å²) in [6.45, 7) is 0.491. The van der Waals surface area contributed by atoms with E-state index in [-0.39, 0.29) is 0 Å². The Hall–Kier alpha value is -1.92. The first-order valence-electron chi connectivity index (χ1n) is 3.73. The molecule has 0 radical (unpaired) electrons. The molecule has 7 heteroatoms. The van der Waals surface area contributed by atoms with Gasteiger partial charge in [0.05, 0.1) is 0 Å². The molecule has 0 bridgehead atoms. The normalized spacial score (nSPS) is 10.5. The van der Waals surface area contributed by atoms with Gasteiger partial charge in [-0.25, -0.2) is 14.3 Å². The highest BCUT2D eigenvalue weighted by Gasteiger charge is 2.03. The highest BCUT2D eigenvalue weighted by Crippen LogP contribution is 1.98. The Labute approximate surface area is 74.2 Å². The van der Waals surface area contributed by atoms with Crippen LogP contribution in [-0.4, -0.2) is 29.5 Å². The van der Waals surface area contributed by atoms with E-state index in [9.17, 15) is 0 Å². The fourth-order valence-corrected chi connectivity index (χ4v) is 0.978. The van der Waals surface area contributed by atoms with E-state index in [1.165, 1.54) is 11.0 Å². The number of anilines is 1. The number of nitrogens with zero attached hydrogens (tertiary/aromatic N) is 6. The van der Waals surface area contributed by atoms with E-state index in [2.05, 4.69) is 20.2 Å². The van der Waals surface area contributed by atoms with E-state index in [0.29, 0.717) is 18.3 Å². The lowest BCUT2D eigenvalue weighted by molar-refractivity contribution is 0.641. The van der Waals surface area contributed by atoms with Gasteiger partial charge in [0, 0.05) is 7.05 Å². The Morgan fingerprint density at radius 1 is 1.54 bits per heavy atom. The van der Waals surface area contributed by atoms with Gasteiger partial charge in [-0.15, -0.1) is 0 Å². The summed E-state index contributed by atoms with van der Waals surface area (Å²) in [6, 6.07) is 0. The highest BCUT2D eigenvalue weighted by atomic mass is 15.4. The molecule has 0 atom stereocenters. The third-order valence-corrected chi connectivity index (χ3v) is 1.61. The molecule has 0 aliphatic heterocycles. The van der Waals surface area contributed by atoms with Crippen LogP contribution in [0, 0.1) is 0 Å². The van der Waals surface area contributed by atoms with Gasteiger partial charge in [0.2, 0.25) is 5.95 Å². The first-order chi connectivity index (χ1) is 6.25. The van der Waals surface area contributed by atoms with Crippen molar-refractivity contribution >= 4 is 5.95 Å². The highest BCUT2D eigenvalue weighted by molar-refractivity contribution is 5.15. The monoisotopic (exact) mass is 179 g/mol. The molecule has 13 heavy (non-hydrogen) atoms. The van der Waals surface area contributed by atoms with Crippen LogP contribution in [0.5, 0.6) is 0 Å². The summed E-state index contributed by atoms with van der Waals surface area (Å²) in [5.41, 5.74) is 5.51. The topological polar surface area (TPSA) is 87.4 Å². The maximum Gasteiger partial charge on any atom is 0.218 e. The third kappa shape index (κ3) is 1.48. The van der Waals surface area contributed by atoms with Crippen LogP contribution in [0.25, 0.3) is 0 Å². The zero-order chi connectivity index (χ0) is 9.26. The molecule has 0 fully saturated rings. The molecule has 0 unspecified atom stereocenters. The van der Waals surface area contributed by atoms with Gasteiger partial charge in [0.15, 0.2) is 5.82 Å². The quantitative estimate of drug-likeness (QED) is 0.641. The average molecular weight is 179 g/mol. The number of aryl methyl sites for hydroxylation is 1. The summed E-state index contributed by atoms with van der Waals surface area (Å²) in [6.07, 6.45) is 3.07. The van der Waals surface area contributed by atoms with Gasteiger partial charge in [0.25, 0.3) is 0 Å². The predicted octanol–water partition coefficient (Wildman–Crippen LogP) is -0.963. The van der Waals surface area contributed by atoms with Crippen LogP contribution in [0.3, 0.4) is 0 Å². The second-order valence-electron chi connectivity index (χ2n) is 2.60. The van der Waals surface area contributed by atoms with Crippen molar-refractivity contribution in [2.45, 2.75) is 6.54 Å². The maximum atomic E-state index is 5.51. The Bertz CT molecular complexity index is 368.